The molecule has 1 heterocycles. The third-order valence-corrected chi connectivity index (χ3v) is 11.4. The van der Waals surface area contributed by atoms with Gasteiger partial charge in [-0.1, -0.05) is 194 Å². The van der Waals surface area contributed by atoms with Crippen molar-refractivity contribution in [1.29, 1.82) is 0 Å². The van der Waals surface area contributed by atoms with Crippen LogP contribution in [0.1, 0.15) is 29.4 Å². The predicted octanol–water partition coefficient (Wildman–Crippen LogP) is 13.2. The maximum atomic E-state index is 5.25. The van der Waals surface area contributed by atoms with E-state index >= 15 is 0 Å². The van der Waals surface area contributed by atoms with E-state index in [0.29, 0.717) is 17.5 Å². The zero-order chi connectivity index (χ0) is 37.6. The molecule has 0 N–H and O–H groups in total. The van der Waals surface area contributed by atoms with E-state index in [1.54, 1.807) is 0 Å². The van der Waals surface area contributed by atoms with Crippen LogP contribution in [0.5, 0.6) is 0 Å². The first-order valence-corrected chi connectivity index (χ1v) is 19.1. The van der Waals surface area contributed by atoms with Crippen molar-refractivity contribution in [3.8, 4) is 33.9 Å². The fraction of sp³-hybridized carbons (Fsp3) is 0.0377. The van der Waals surface area contributed by atoms with Crippen LogP contribution in [0.2, 0.25) is 0 Å². The topological polar surface area (TPSA) is 38.7 Å². The Morgan fingerprint density at radius 3 is 1.80 bits per heavy atom. The second-order valence-electron chi connectivity index (χ2n) is 14.4. The molecule has 0 fully saturated rings. The number of nitrogens with zero attached hydrogens (tertiary/aromatic N) is 3. The van der Waals surface area contributed by atoms with Gasteiger partial charge in [0.25, 0.3) is 0 Å². The summed E-state index contributed by atoms with van der Waals surface area (Å²) in [4.78, 5) is 15.6. The van der Waals surface area contributed by atoms with Gasteiger partial charge in [0.2, 0.25) is 0 Å². The van der Waals surface area contributed by atoms with E-state index in [9.17, 15) is 0 Å². The summed E-state index contributed by atoms with van der Waals surface area (Å²) in [5, 5.41) is 6.89. The molecule has 1 aliphatic carbocycles. The van der Waals surface area contributed by atoms with Crippen LogP contribution in [0.15, 0.2) is 206 Å². The molecule has 3 heteroatoms. The largest absolute Gasteiger partial charge is 0.208 e. The molecule has 0 aliphatic heterocycles. The van der Waals surface area contributed by atoms with Crippen molar-refractivity contribution in [2.24, 2.45) is 0 Å². The summed E-state index contributed by atoms with van der Waals surface area (Å²) >= 11 is 0. The Labute approximate surface area is 326 Å². The van der Waals surface area contributed by atoms with Gasteiger partial charge in [-0.25, -0.2) is 15.0 Å². The van der Waals surface area contributed by atoms with E-state index in [1.807, 2.05) is 6.08 Å². The van der Waals surface area contributed by atoms with Crippen LogP contribution in [-0.2, 0) is 5.41 Å². The molecule has 10 rings (SSSR count). The fourth-order valence-electron chi connectivity index (χ4n) is 8.78. The lowest BCUT2D eigenvalue weighted by atomic mass is 9.67. The summed E-state index contributed by atoms with van der Waals surface area (Å²) in [6.07, 6.45) is 6.21. The van der Waals surface area contributed by atoms with E-state index < -0.39 is 5.41 Å². The molecule has 3 nitrogen and oxygen atoms in total. The lowest BCUT2D eigenvalue weighted by Gasteiger charge is -2.34. The van der Waals surface area contributed by atoms with E-state index in [0.717, 1.165) is 38.2 Å². The van der Waals surface area contributed by atoms with Crippen LogP contribution in [0.4, 0.5) is 0 Å². The Morgan fingerprint density at radius 1 is 0.482 bits per heavy atom. The monoisotopic (exact) mass is 715 g/mol. The molecule has 0 amide bonds. The third kappa shape index (κ3) is 5.32. The highest BCUT2D eigenvalue weighted by atomic mass is 15.0. The van der Waals surface area contributed by atoms with Crippen molar-refractivity contribution in [2.45, 2.75) is 12.3 Å². The first-order chi connectivity index (χ1) is 27.6. The van der Waals surface area contributed by atoms with Gasteiger partial charge in [-0.15, -0.1) is 0 Å². The van der Waals surface area contributed by atoms with E-state index in [2.05, 4.69) is 202 Å². The van der Waals surface area contributed by atoms with Gasteiger partial charge >= 0.3 is 0 Å². The molecule has 1 aliphatic rings. The van der Waals surface area contributed by atoms with Crippen LogP contribution >= 0.6 is 0 Å². The average Bonchev–Trinajstić information content (AvgIpc) is 3.57. The van der Waals surface area contributed by atoms with Crippen molar-refractivity contribution in [3.05, 3.63) is 229 Å². The molecule has 56 heavy (non-hydrogen) atoms. The lowest BCUT2D eigenvalue weighted by Crippen LogP contribution is -2.28. The van der Waals surface area contributed by atoms with Crippen molar-refractivity contribution >= 4 is 37.9 Å². The predicted molar refractivity (Wildman–Crippen MR) is 233 cm³/mol. The third-order valence-electron chi connectivity index (χ3n) is 11.4. The van der Waals surface area contributed by atoms with E-state index in [4.69, 9.17) is 15.0 Å². The summed E-state index contributed by atoms with van der Waals surface area (Å²) < 4.78 is 0. The Kier molecular flexibility index (Phi) is 8.08. The second-order valence-corrected chi connectivity index (χ2v) is 14.4. The normalized spacial score (nSPS) is 13.5. The zero-order valence-electron chi connectivity index (χ0n) is 31.0. The van der Waals surface area contributed by atoms with Crippen LogP contribution in [0, 0.1) is 0 Å². The maximum Gasteiger partial charge on any atom is 0.164 e. The van der Waals surface area contributed by atoms with Gasteiger partial charge in [0, 0.05) is 16.7 Å². The summed E-state index contributed by atoms with van der Waals surface area (Å²) in [5.41, 5.74) is 9.70. The highest BCUT2D eigenvalue weighted by Gasteiger charge is 2.45. The van der Waals surface area contributed by atoms with Crippen molar-refractivity contribution in [3.63, 3.8) is 0 Å². The average molecular weight is 716 g/mol. The van der Waals surface area contributed by atoms with Gasteiger partial charge in [-0.05, 0) is 79.2 Å². The Hall–Kier alpha value is -7.23. The molecule has 0 atom stereocenters. The number of hydrogen-bond donors (Lipinski definition) is 0. The maximum absolute atomic E-state index is 5.25. The molecule has 0 saturated heterocycles. The van der Waals surface area contributed by atoms with Crippen molar-refractivity contribution < 1.29 is 0 Å². The van der Waals surface area contributed by atoms with Crippen molar-refractivity contribution in [2.75, 3.05) is 0 Å². The molecule has 9 aromatic rings. The first kappa shape index (κ1) is 33.3. The Morgan fingerprint density at radius 2 is 1.07 bits per heavy atom. The molecule has 0 radical (unpaired) electrons. The number of hydrogen-bond acceptors (Lipinski definition) is 3. The minimum Gasteiger partial charge on any atom is -0.208 e. The van der Waals surface area contributed by atoms with Crippen LogP contribution < -0.4 is 0 Å². The van der Waals surface area contributed by atoms with Crippen LogP contribution in [0.25, 0.3) is 71.8 Å². The Balaban J connectivity index is 1.19. The van der Waals surface area contributed by atoms with Gasteiger partial charge in [-0.2, -0.15) is 0 Å². The summed E-state index contributed by atoms with van der Waals surface area (Å²) in [5.74, 6) is 1.80. The first-order valence-electron chi connectivity index (χ1n) is 19.1. The quantitative estimate of drug-likeness (QED) is 0.122. The fourth-order valence-corrected chi connectivity index (χ4v) is 8.78. The van der Waals surface area contributed by atoms with Gasteiger partial charge in [0.15, 0.2) is 17.5 Å². The number of aromatic nitrogens is 3. The summed E-state index contributed by atoms with van der Waals surface area (Å²) in [6, 6.07) is 62.5. The Bertz CT molecular complexity index is 3020. The minimum absolute atomic E-state index is 0.484. The van der Waals surface area contributed by atoms with Crippen LogP contribution in [0.3, 0.4) is 0 Å². The number of rotatable bonds is 7. The molecular weight excluding hydrogens is 679 g/mol. The van der Waals surface area contributed by atoms with Gasteiger partial charge in [0.1, 0.15) is 0 Å². The second kappa shape index (κ2) is 13.6. The standard InChI is InChI=1S/C53H37N3/c1-3-36(30-29-35(2)53(41-20-5-4-6-21-41)48-27-15-13-25-45(48)46-26-14-16-28-49(46)53)50-54-51(40-32-31-37-17-7-8-18-38(37)33-40)56-52(55-50)47-34-39-19-9-10-22-42(39)43-23-11-12-24-44(43)47/h3-34H,1H2,2H3/b35-29+,36-30+. The van der Waals surface area contributed by atoms with Gasteiger partial charge < -0.3 is 0 Å². The molecule has 264 valence electrons. The van der Waals surface area contributed by atoms with Gasteiger partial charge in [0.05, 0.1) is 5.41 Å². The van der Waals surface area contributed by atoms with Crippen molar-refractivity contribution in [1.82, 2.24) is 15.0 Å². The highest BCUT2D eigenvalue weighted by molar-refractivity contribution is 6.13. The molecular formula is C53H37N3. The van der Waals surface area contributed by atoms with E-state index in [-0.39, 0.29) is 0 Å². The summed E-state index contributed by atoms with van der Waals surface area (Å²) in [6.45, 7) is 6.54. The molecule has 1 aromatic heterocycles. The molecule has 0 spiro atoms. The smallest absolute Gasteiger partial charge is 0.164 e. The molecule has 0 saturated carbocycles. The number of fused-ring (bicyclic) bond motifs is 7. The lowest BCUT2D eigenvalue weighted by molar-refractivity contribution is 0.746. The summed E-state index contributed by atoms with van der Waals surface area (Å²) in [7, 11) is 0. The number of benzene rings is 8. The minimum atomic E-state index is -0.484. The van der Waals surface area contributed by atoms with Crippen LogP contribution in [-0.4, -0.2) is 15.0 Å². The molecule has 0 unspecified atom stereocenters. The zero-order valence-corrected chi connectivity index (χ0v) is 31.0. The molecule has 0 bridgehead atoms. The van der Waals surface area contributed by atoms with Gasteiger partial charge in [-0.3, -0.25) is 0 Å². The SMILES string of the molecule is C=C/C(=C\C=C(/C)C1(c2ccccc2)c2ccccc2-c2ccccc21)c1nc(-c2ccc3ccccc3c2)nc(-c2cc3ccccc3c3ccccc23)n1. The molecule has 8 aromatic carbocycles. The highest BCUT2D eigenvalue weighted by Crippen LogP contribution is 2.56. The van der Waals surface area contributed by atoms with E-state index in [1.165, 1.54) is 44.2 Å². The number of allylic oxidation sites excluding steroid dienone is 5.